The van der Waals surface area contributed by atoms with Crippen molar-refractivity contribution in [3.8, 4) is 0 Å². The molecule has 2 heterocycles. The third-order valence-corrected chi connectivity index (χ3v) is 4.24. The molecule has 0 spiro atoms. The molecule has 0 fully saturated rings. The van der Waals surface area contributed by atoms with Crippen molar-refractivity contribution in [1.29, 1.82) is 0 Å². The third kappa shape index (κ3) is 3.59. The second-order valence-corrected chi connectivity index (χ2v) is 6.30. The molecule has 0 aliphatic carbocycles. The van der Waals surface area contributed by atoms with E-state index in [-0.39, 0.29) is 11.0 Å². The van der Waals surface area contributed by atoms with Gasteiger partial charge in [0.25, 0.3) is 0 Å². The number of hydrogen-bond donors (Lipinski definition) is 0. The van der Waals surface area contributed by atoms with E-state index in [4.69, 9.17) is 13.6 Å². The van der Waals surface area contributed by atoms with Crippen LogP contribution in [0.15, 0.2) is 30.4 Å². The lowest BCUT2D eigenvalue weighted by molar-refractivity contribution is 0.218. The SMILES string of the molecule is COCCSCCN(C)c1cc(=O)c2occ(Br)c2o1. The molecule has 0 unspecified atom stereocenters. The first kappa shape index (κ1) is 15.5. The highest BCUT2D eigenvalue weighted by atomic mass is 79.9. The smallest absolute Gasteiger partial charge is 0.230 e. The highest BCUT2D eigenvalue weighted by Crippen LogP contribution is 2.27. The van der Waals surface area contributed by atoms with Crippen molar-refractivity contribution in [3.63, 3.8) is 0 Å². The van der Waals surface area contributed by atoms with E-state index in [2.05, 4.69) is 15.9 Å². The lowest BCUT2D eigenvalue weighted by Crippen LogP contribution is -2.21. The van der Waals surface area contributed by atoms with Gasteiger partial charge in [-0.2, -0.15) is 11.8 Å². The normalized spacial score (nSPS) is 11.2. The zero-order chi connectivity index (χ0) is 14.5. The standard InChI is InChI=1S/C13H16BrNO4S/c1-15(3-5-20-6-4-17-2)11-7-10(16)13-12(19-11)9(14)8-18-13/h7-8H,3-6H2,1-2H3. The van der Waals surface area contributed by atoms with Gasteiger partial charge in [-0.1, -0.05) is 0 Å². The Labute approximate surface area is 129 Å². The summed E-state index contributed by atoms with van der Waals surface area (Å²) in [5.74, 6) is 2.44. The number of anilines is 1. The molecule has 0 bridgehead atoms. The Morgan fingerprint density at radius 2 is 2.20 bits per heavy atom. The lowest BCUT2D eigenvalue weighted by atomic mass is 10.4. The number of methoxy groups -OCH3 is 1. The molecular formula is C13H16BrNO4S. The van der Waals surface area contributed by atoms with Gasteiger partial charge in [0.2, 0.25) is 11.0 Å². The number of halogens is 1. The van der Waals surface area contributed by atoms with Crippen LogP contribution in [0.3, 0.4) is 0 Å². The third-order valence-electron chi connectivity index (χ3n) is 2.77. The number of fused-ring (bicyclic) bond motifs is 1. The summed E-state index contributed by atoms with van der Waals surface area (Å²) in [6, 6.07) is 1.46. The predicted molar refractivity (Wildman–Crippen MR) is 84.9 cm³/mol. The van der Waals surface area contributed by atoms with Crippen LogP contribution in [0.25, 0.3) is 11.2 Å². The van der Waals surface area contributed by atoms with E-state index in [9.17, 15) is 4.79 Å². The van der Waals surface area contributed by atoms with Crippen LogP contribution < -0.4 is 10.3 Å². The fourth-order valence-corrected chi connectivity index (χ4v) is 2.89. The fraction of sp³-hybridized carbons (Fsp3) is 0.462. The molecule has 0 N–H and O–H groups in total. The van der Waals surface area contributed by atoms with Crippen LogP contribution in [-0.2, 0) is 4.74 Å². The van der Waals surface area contributed by atoms with Crippen molar-refractivity contribution in [2.45, 2.75) is 0 Å². The maximum absolute atomic E-state index is 11.9. The molecule has 2 aromatic rings. The average molecular weight is 362 g/mol. The van der Waals surface area contributed by atoms with Gasteiger partial charge in [-0.3, -0.25) is 4.79 Å². The van der Waals surface area contributed by atoms with Crippen LogP contribution in [0.2, 0.25) is 0 Å². The molecule has 2 rings (SSSR count). The maximum Gasteiger partial charge on any atom is 0.230 e. The van der Waals surface area contributed by atoms with E-state index < -0.39 is 0 Å². The van der Waals surface area contributed by atoms with E-state index in [1.54, 1.807) is 18.9 Å². The number of ether oxygens (including phenoxy) is 1. The molecule has 0 aliphatic rings. The molecule has 0 aromatic carbocycles. The van der Waals surface area contributed by atoms with Gasteiger partial charge in [-0.05, 0) is 15.9 Å². The van der Waals surface area contributed by atoms with Gasteiger partial charge in [-0.25, -0.2) is 0 Å². The summed E-state index contributed by atoms with van der Waals surface area (Å²) in [5, 5.41) is 0. The molecular weight excluding hydrogens is 346 g/mol. The first-order chi connectivity index (χ1) is 9.63. The highest BCUT2D eigenvalue weighted by Gasteiger charge is 2.13. The minimum atomic E-state index is -0.175. The Hall–Kier alpha value is -0.920. The second-order valence-electron chi connectivity index (χ2n) is 4.22. The Balaban J connectivity index is 2.04. The molecule has 20 heavy (non-hydrogen) atoms. The summed E-state index contributed by atoms with van der Waals surface area (Å²) in [4.78, 5) is 13.8. The Bertz CT molecular complexity index is 624. The molecule has 0 saturated heterocycles. The highest BCUT2D eigenvalue weighted by molar-refractivity contribution is 9.10. The van der Waals surface area contributed by atoms with E-state index in [1.165, 1.54) is 12.3 Å². The lowest BCUT2D eigenvalue weighted by Gasteiger charge is -2.16. The van der Waals surface area contributed by atoms with Crippen LogP contribution >= 0.6 is 27.7 Å². The molecule has 110 valence electrons. The molecule has 0 aliphatic heterocycles. The largest absolute Gasteiger partial charge is 0.456 e. The van der Waals surface area contributed by atoms with Crippen LogP contribution in [0, 0.1) is 0 Å². The summed E-state index contributed by atoms with van der Waals surface area (Å²) in [6.07, 6.45) is 1.46. The van der Waals surface area contributed by atoms with Gasteiger partial charge >= 0.3 is 0 Å². The van der Waals surface area contributed by atoms with Crippen LogP contribution in [0.5, 0.6) is 0 Å². The number of nitrogens with zero attached hydrogens (tertiary/aromatic N) is 1. The van der Waals surface area contributed by atoms with E-state index in [1.807, 2.05) is 11.9 Å². The quantitative estimate of drug-likeness (QED) is 0.706. The summed E-state index contributed by atoms with van der Waals surface area (Å²) in [6.45, 7) is 1.54. The van der Waals surface area contributed by atoms with E-state index >= 15 is 0 Å². The number of furan rings is 1. The Morgan fingerprint density at radius 3 is 2.95 bits per heavy atom. The van der Waals surface area contributed by atoms with Gasteiger partial charge < -0.3 is 18.5 Å². The summed E-state index contributed by atoms with van der Waals surface area (Å²) in [5.41, 5.74) is 0.515. The van der Waals surface area contributed by atoms with E-state index in [0.29, 0.717) is 15.9 Å². The zero-order valence-corrected chi connectivity index (χ0v) is 13.8. The first-order valence-corrected chi connectivity index (χ1v) is 8.07. The van der Waals surface area contributed by atoms with Crippen molar-refractivity contribution in [2.75, 3.05) is 43.7 Å². The summed E-state index contributed by atoms with van der Waals surface area (Å²) >= 11 is 5.10. The van der Waals surface area contributed by atoms with Gasteiger partial charge in [0.15, 0.2) is 11.5 Å². The monoisotopic (exact) mass is 361 g/mol. The van der Waals surface area contributed by atoms with Gasteiger partial charge in [0.05, 0.1) is 17.1 Å². The molecule has 0 amide bonds. The summed E-state index contributed by atoms with van der Waals surface area (Å²) < 4.78 is 16.5. The fourth-order valence-electron chi connectivity index (χ4n) is 1.65. The summed E-state index contributed by atoms with van der Waals surface area (Å²) in [7, 11) is 3.59. The number of thioether (sulfide) groups is 1. The molecule has 0 atom stereocenters. The maximum atomic E-state index is 11.9. The van der Waals surface area contributed by atoms with Crippen molar-refractivity contribution >= 4 is 44.7 Å². The average Bonchev–Trinajstić information content (AvgIpc) is 2.81. The molecule has 5 nitrogen and oxygen atoms in total. The minimum absolute atomic E-state index is 0.175. The van der Waals surface area contributed by atoms with Gasteiger partial charge in [-0.15, -0.1) is 0 Å². The number of rotatable bonds is 7. The predicted octanol–water partition coefficient (Wildman–Crippen LogP) is 2.96. The van der Waals surface area contributed by atoms with E-state index in [0.717, 1.165) is 24.7 Å². The van der Waals surface area contributed by atoms with Crippen LogP contribution in [0.4, 0.5) is 5.88 Å². The van der Waals surface area contributed by atoms with Crippen molar-refractivity contribution in [3.05, 3.63) is 27.0 Å². The molecule has 0 radical (unpaired) electrons. The number of hydrogen-bond acceptors (Lipinski definition) is 6. The zero-order valence-electron chi connectivity index (χ0n) is 11.3. The van der Waals surface area contributed by atoms with Crippen molar-refractivity contribution < 1.29 is 13.6 Å². The van der Waals surface area contributed by atoms with Crippen LogP contribution in [-0.4, -0.2) is 38.8 Å². The van der Waals surface area contributed by atoms with Crippen molar-refractivity contribution in [2.24, 2.45) is 0 Å². The van der Waals surface area contributed by atoms with Gasteiger partial charge in [0, 0.05) is 32.2 Å². The second kappa shape index (κ2) is 7.19. The van der Waals surface area contributed by atoms with Crippen LogP contribution in [0.1, 0.15) is 0 Å². The molecule has 2 aromatic heterocycles. The Morgan fingerprint density at radius 1 is 1.40 bits per heavy atom. The molecule has 0 saturated carbocycles. The van der Waals surface area contributed by atoms with Gasteiger partial charge in [0.1, 0.15) is 6.26 Å². The van der Waals surface area contributed by atoms with Crippen molar-refractivity contribution in [1.82, 2.24) is 0 Å². The topological polar surface area (TPSA) is 55.8 Å². The minimum Gasteiger partial charge on any atom is -0.456 e. The molecule has 7 heteroatoms. The Kier molecular flexibility index (Phi) is 5.56. The first-order valence-electron chi connectivity index (χ1n) is 6.12.